The average molecular weight is 242 g/mol. The lowest BCUT2D eigenvalue weighted by molar-refractivity contribution is 0.114. The molecular formula is C15H34N2. The smallest absolute Gasteiger partial charge is 0.0243 e. The molecular weight excluding hydrogens is 208 g/mol. The molecule has 0 aliphatic heterocycles. The highest BCUT2D eigenvalue weighted by atomic mass is 15.2. The number of likely N-dealkylation sites (N-methyl/N-ethyl adjacent to an activating group) is 1. The van der Waals surface area contributed by atoms with Crippen molar-refractivity contribution in [1.82, 2.24) is 10.2 Å². The van der Waals surface area contributed by atoms with Gasteiger partial charge in [-0.1, -0.05) is 41.5 Å². The number of nitrogens with zero attached hydrogens (tertiary/aromatic N) is 1. The number of hydrogen-bond acceptors (Lipinski definition) is 2. The molecule has 0 bridgehead atoms. The second-order valence-corrected chi connectivity index (χ2v) is 6.51. The minimum atomic E-state index is 0.631. The molecule has 0 aromatic rings. The van der Waals surface area contributed by atoms with Gasteiger partial charge in [0.05, 0.1) is 0 Å². The van der Waals surface area contributed by atoms with Crippen LogP contribution in [-0.4, -0.2) is 37.1 Å². The van der Waals surface area contributed by atoms with Crippen molar-refractivity contribution in [2.24, 2.45) is 17.8 Å². The van der Waals surface area contributed by atoms with E-state index in [-0.39, 0.29) is 0 Å². The average Bonchev–Trinajstić information content (AvgIpc) is 2.21. The number of hydrogen-bond donors (Lipinski definition) is 1. The van der Waals surface area contributed by atoms with E-state index in [0.29, 0.717) is 23.9 Å². The Bertz CT molecular complexity index is 187. The molecule has 104 valence electrons. The monoisotopic (exact) mass is 242 g/mol. The van der Waals surface area contributed by atoms with Gasteiger partial charge in [-0.05, 0) is 38.3 Å². The summed E-state index contributed by atoms with van der Waals surface area (Å²) in [5.41, 5.74) is 0. The van der Waals surface area contributed by atoms with Crippen LogP contribution < -0.4 is 5.32 Å². The van der Waals surface area contributed by atoms with Gasteiger partial charge in [-0.2, -0.15) is 0 Å². The first-order valence-electron chi connectivity index (χ1n) is 7.20. The molecule has 0 radical (unpaired) electrons. The summed E-state index contributed by atoms with van der Waals surface area (Å²) in [7, 11) is 2.27. The number of rotatable bonds is 8. The summed E-state index contributed by atoms with van der Waals surface area (Å²) in [6, 6.07) is 1.27. The molecule has 0 spiro atoms. The van der Waals surface area contributed by atoms with Gasteiger partial charge in [-0.15, -0.1) is 0 Å². The van der Waals surface area contributed by atoms with Crippen LogP contribution in [0.15, 0.2) is 0 Å². The van der Waals surface area contributed by atoms with Crippen molar-refractivity contribution in [3.8, 4) is 0 Å². The molecule has 1 N–H and O–H groups in total. The third kappa shape index (κ3) is 6.42. The van der Waals surface area contributed by atoms with Gasteiger partial charge in [0.25, 0.3) is 0 Å². The fraction of sp³-hybridized carbons (Fsp3) is 1.00. The standard InChI is InChI=1S/C15H34N2/c1-11(2)9-16-10-15(13(5)6)17(8)14(7)12(3)4/h11-16H,9-10H2,1-8H3. The van der Waals surface area contributed by atoms with Gasteiger partial charge < -0.3 is 5.32 Å². The summed E-state index contributed by atoms with van der Waals surface area (Å²) in [6.45, 7) is 18.3. The Kier molecular flexibility index (Phi) is 8.06. The maximum Gasteiger partial charge on any atom is 0.0243 e. The van der Waals surface area contributed by atoms with E-state index >= 15 is 0 Å². The highest BCUT2D eigenvalue weighted by Gasteiger charge is 2.24. The highest BCUT2D eigenvalue weighted by molar-refractivity contribution is 4.80. The Balaban J connectivity index is 4.31. The molecule has 0 rings (SSSR count). The fourth-order valence-corrected chi connectivity index (χ4v) is 2.14. The Morgan fingerprint density at radius 1 is 0.824 bits per heavy atom. The minimum Gasteiger partial charge on any atom is -0.315 e. The summed E-state index contributed by atoms with van der Waals surface area (Å²) in [6.07, 6.45) is 0. The summed E-state index contributed by atoms with van der Waals surface area (Å²) in [4.78, 5) is 2.54. The third-order valence-electron chi connectivity index (χ3n) is 3.81. The molecule has 0 saturated heterocycles. The fourth-order valence-electron chi connectivity index (χ4n) is 2.14. The first kappa shape index (κ1) is 16.9. The highest BCUT2D eigenvalue weighted by Crippen LogP contribution is 2.16. The van der Waals surface area contributed by atoms with E-state index in [2.05, 4.69) is 65.7 Å². The van der Waals surface area contributed by atoms with Crippen molar-refractivity contribution in [2.45, 2.75) is 60.5 Å². The van der Waals surface area contributed by atoms with Crippen LogP contribution in [0.25, 0.3) is 0 Å². The zero-order valence-corrected chi connectivity index (χ0v) is 13.2. The van der Waals surface area contributed by atoms with Crippen LogP contribution in [0.1, 0.15) is 48.5 Å². The van der Waals surface area contributed by atoms with E-state index in [9.17, 15) is 0 Å². The molecule has 2 unspecified atom stereocenters. The van der Waals surface area contributed by atoms with Crippen LogP contribution in [0.2, 0.25) is 0 Å². The molecule has 0 heterocycles. The predicted octanol–water partition coefficient (Wildman–Crippen LogP) is 3.23. The molecule has 2 nitrogen and oxygen atoms in total. The van der Waals surface area contributed by atoms with Crippen molar-refractivity contribution in [2.75, 3.05) is 20.1 Å². The molecule has 2 heteroatoms. The maximum atomic E-state index is 3.60. The van der Waals surface area contributed by atoms with Gasteiger partial charge in [0.2, 0.25) is 0 Å². The lowest BCUT2D eigenvalue weighted by Crippen LogP contribution is -2.49. The topological polar surface area (TPSA) is 15.3 Å². The van der Waals surface area contributed by atoms with Crippen LogP contribution in [0, 0.1) is 17.8 Å². The Labute approximate surface area is 109 Å². The third-order valence-corrected chi connectivity index (χ3v) is 3.81. The lowest BCUT2D eigenvalue weighted by atomic mass is 9.97. The van der Waals surface area contributed by atoms with Gasteiger partial charge in [0.15, 0.2) is 0 Å². The number of nitrogens with one attached hydrogen (secondary N) is 1. The molecule has 0 aliphatic carbocycles. The largest absolute Gasteiger partial charge is 0.315 e. The summed E-state index contributed by atoms with van der Waals surface area (Å²) < 4.78 is 0. The van der Waals surface area contributed by atoms with Gasteiger partial charge in [0.1, 0.15) is 0 Å². The van der Waals surface area contributed by atoms with E-state index in [0.717, 1.165) is 19.0 Å². The van der Waals surface area contributed by atoms with Crippen LogP contribution >= 0.6 is 0 Å². The molecule has 0 saturated carbocycles. The quantitative estimate of drug-likeness (QED) is 0.703. The first-order chi connectivity index (χ1) is 7.77. The summed E-state index contributed by atoms with van der Waals surface area (Å²) in [5, 5.41) is 3.60. The van der Waals surface area contributed by atoms with E-state index in [1.165, 1.54) is 0 Å². The second kappa shape index (κ2) is 8.10. The molecule has 0 fully saturated rings. The van der Waals surface area contributed by atoms with Crippen molar-refractivity contribution in [1.29, 1.82) is 0 Å². The SMILES string of the molecule is CC(C)CNCC(C(C)C)N(C)C(C)C(C)C. The van der Waals surface area contributed by atoms with Crippen LogP contribution in [0.5, 0.6) is 0 Å². The summed E-state index contributed by atoms with van der Waals surface area (Å²) >= 11 is 0. The van der Waals surface area contributed by atoms with Gasteiger partial charge >= 0.3 is 0 Å². The lowest BCUT2D eigenvalue weighted by Gasteiger charge is -2.38. The van der Waals surface area contributed by atoms with Crippen molar-refractivity contribution in [3.05, 3.63) is 0 Å². The zero-order valence-electron chi connectivity index (χ0n) is 13.2. The van der Waals surface area contributed by atoms with E-state index in [4.69, 9.17) is 0 Å². The first-order valence-corrected chi connectivity index (χ1v) is 7.20. The second-order valence-electron chi connectivity index (χ2n) is 6.51. The Morgan fingerprint density at radius 2 is 1.35 bits per heavy atom. The van der Waals surface area contributed by atoms with Crippen LogP contribution in [-0.2, 0) is 0 Å². The van der Waals surface area contributed by atoms with Crippen LogP contribution in [0.3, 0.4) is 0 Å². The van der Waals surface area contributed by atoms with Crippen molar-refractivity contribution in [3.63, 3.8) is 0 Å². The van der Waals surface area contributed by atoms with Crippen molar-refractivity contribution < 1.29 is 0 Å². The molecule has 17 heavy (non-hydrogen) atoms. The molecule has 0 aromatic heterocycles. The van der Waals surface area contributed by atoms with E-state index < -0.39 is 0 Å². The molecule has 0 aromatic carbocycles. The molecule has 0 amide bonds. The normalized spacial score (nSPS) is 16.2. The van der Waals surface area contributed by atoms with E-state index in [1.54, 1.807) is 0 Å². The maximum absolute atomic E-state index is 3.60. The Morgan fingerprint density at radius 3 is 1.71 bits per heavy atom. The van der Waals surface area contributed by atoms with Crippen LogP contribution in [0.4, 0.5) is 0 Å². The Hall–Kier alpha value is -0.0800. The molecule has 0 aliphatic rings. The van der Waals surface area contributed by atoms with Gasteiger partial charge in [0, 0.05) is 18.6 Å². The van der Waals surface area contributed by atoms with Crippen molar-refractivity contribution >= 4 is 0 Å². The predicted molar refractivity (Wildman–Crippen MR) is 78.4 cm³/mol. The molecule has 2 atom stereocenters. The van der Waals surface area contributed by atoms with Gasteiger partial charge in [-0.25, -0.2) is 0 Å². The minimum absolute atomic E-state index is 0.631. The van der Waals surface area contributed by atoms with E-state index in [1.807, 2.05) is 0 Å². The summed E-state index contributed by atoms with van der Waals surface area (Å²) in [5.74, 6) is 2.14. The zero-order chi connectivity index (χ0) is 13.6. The van der Waals surface area contributed by atoms with Gasteiger partial charge in [-0.3, -0.25) is 4.90 Å².